The van der Waals surface area contributed by atoms with Crippen molar-refractivity contribution in [2.24, 2.45) is 5.92 Å². The quantitative estimate of drug-likeness (QED) is 0.404. The average molecular weight is 420 g/mol. The van der Waals surface area contributed by atoms with Crippen molar-refractivity contribution >= 4 is 23.4 Å². The monoisotopic (exact) mass is 419 g/mol. The van der Waals surface area contributed by atoms with Crippen LogP contribution in [0.4, 0.5) is 5.69 Å². The second kappa shape index (κ2) is 14.6. The van der Waals surface area contributed by atoms with E-state index in [0.717, 1.165) is 25.7 Å². The molecule has 1 unspecified atom stereocenters. The predicted octanol–water partition coefficient (Wildman–Crippen LogP) is 3.04. The van der Waals surface area contributed by atoms with Gasteiger partial charge in [0.25, 0.3) is 0 Å². The minimum absolute atomic E-state index is 0.107. The Morgan fingerprint density at radius 1 is 0.967 bits per heavy atom. The van der Waals surface area contributed by atoms with Crippen LogP contribution in [-0.2, 0) is 25.5 Å². The van der Waals surface area contributed by atoms with Gasteiger partial charge in [-0.1, -0.05) is 52.7 Å². The van der Waals surface area contributed by atoms with E-state index in [4.69, 9.17) is 4.74 Å². The van der Waals surface area contributed by atoms with Crippen molar-refractivity contribution in [1.82, 2.24) is 10.6 Å². The maximum absolute atomic E-state index is 12.5. The molecule has 30 heavy (non-hydrogen) atoms. The van der Waals surface area contributed by atoms with Gasteiger partial charge in [0.1, 0.15) is 6.04 Å². The van der Waals surface area contributed by atoms with Gasteiger partial charge in [-0.15, -0.1) is 0 Å². The van der Waals surface area contributed by atoms with Gasteiger partial charge < -0.3 is 20.7 Å². The Morgan fingerprint density at radius 2 is 1.67 bits per heavy atom. The second-order valence-corrected chi connectivity index (χ2v) is 7.68. The molecule has 1 atom stereocenters. The summed E-state index contributed by atoms with van der Waals surface area (Å²) < 4.78 is 5.44. The number of amides is 3. The number of hydrogen-bond acceptors (Lipinski definition) is 4. The van der Waals surface area contributed by atoms with Crippen LogP contribution in [0, 0.1) is 5.92 Å². The molecule has 0 fully saturated rings. The van der Waals surface area contributed by atoms with Crippen molar-refractivity contribution in [3.63, 3.8) is 0 Å². The van der Waals surface area contributed by atoms with Gasteiger partial charge in [0.15, 0.2) is 0 Å². The van der Waals surface area contributed by atoms with Crippen LogP contribution in [0.2, 0.25) is 0 Å². The van der Waals surface area contributed by atoms with E-state index in [1.54, 1.807) is 0 Å². The van der Waals surface area contributed by atoms with E-state index in [1.165, 1.54) is 5.56 Å². The first kappa shape index (κ1) is 25.6. The number of nitrogens with one attached hydrogen (secondary N) is 3. The van der Waals surface area contributed by atoms with E-state index in [-0.39, 0.29) is 36.6 Å². The number of anilines is 1. The van der Waals surface area contributed by atoms with Gasteiger partial charge in [-0.25, -0.2) is 0 Å². The summed E-state index contributed by atoms with van der Waals surface area (Å²) in [5.74, 6) is -1.04. The molecule has 0 heterocycles. The fourth-order valence-corrected chi connectivity index (χ4v) is 2.81. The molecule has 3 N–H and O–H groups in total. The molecule has 7 heteroatoms. The highest BCUT2D eigenvalue weighted by molar-refractivity contribution is 5.96. The zero-order valence-corrected chi connectivity index (χ0v) is 18.8. The Labute approximate surface area is 180 Å². The summed E-state index contributed by atoms with van der Waals surface area (Å²) in [5.41, 5.74) is 1.86. The average Bonchev–Trinajstić information content (AvgIpc) is 2.73. The van der Waals surface area contributed by atoms with E-state index in [0.29, 0.717) is 18.9 Å². The molecule has 0 saturated carbocycles. The fourth-order valence-electron chi connectivity index (χ4n) is 2.81. The summed E-state index contributed by atoms with van der Waals surface area (Å²) in [5, 5.41) is 8.10. The van der Waals surface area contributed by atoms with Gasteiger partial charge in [-0.05, 0) is 36.5 Å². The maximum Gasteiger partial charge on any atom is 0.243 e. The molecule has 0 spiro atoms. The highest BCUT2D eigenvalue weighted by atomic mass is 16.5. The third-order valence-corrected chi connectivity index (χ3v) is 4.70. The molecule has 1 aromatic carbocycles. The van der Waals surface area contributed by atoms with Crippen LogP contribution >= 0.6 is 0 Å². The molecule has 1 rings (SSSR count). The van der Waals surface area contributed by atoms with Crippen molar-refractivity contribution in [3.8, 4) is 0 Å². The Kier molecular flexibility index (Phi) is 12.4. The number of aryl methyl sites for hydroxylation is 1. The first-order chi connectivity index (χ1) is 14.4. The third kappa shape index (κ3) is 10.4. The van der Waals surface area contributed by atoms with Crippen LogP contribution in [0.3, 0.4) is 0 Å². The van der Waals surface area contributed by atoms with E-state index < -0.39 is 6.04 Å². The van der Waals surface area contributed by atoms with Crippen LogP contribution in [-0.4, -0.2) is 43.5 Å². The second-order valence-electron chi connectivity index (χ2n) is 7.68. The lowest BCUT2D eigenvalue weighted by atomic mass is 10.0. The minimum Gasteiger partial charge on any atom is -0.381 e. The van der Waals surface area contributed by atoms with Gasteiger partial charge in [0.05, 0.1) is 13.2 Å². The van der Waals surface area contributed by atoms with Crippen molar-refractivity contribution in [3.05, 3.63) is 29.8 Å². The van der Waals surface area contributed by atoms with E-state index in [2.05, 4.69) is 29.8 Å². The van der Waals surface area contributed by atoms with Crippen LogP contribution in [0.25, 0.3) is 0 Å². The summed E-state index contributed by atoms with van der Waals surface area (Å²) in [7, 11) is 0. The molecule has 0 aliphatic heterocycles. The zero-order valence-electron chi connectivity index (χ0n) is 18.8. The number of hydrogen-bond donors (Lipinski definition) is 3. The Bertz CT molecular complexity index is 659. The Morgan fingerprint density at radius 3 is 2.27 bits per heavy atom. The lowest BCUT2D eigenvalue weighted by molar-refractivity contribution is -0.131. The first-order valence-corrected chi connectivity index (χ1v) is 10.9. The van der Waals surface area contributed by atoms with Gasteiger partial charge in [-0.2, -0.15) is 0 Å². The van der Waals surface area contributed by atoms with Crippen molar-refractivity contribution < 1.29 is 19.1 Å². The Hall–Kier alpha value is -2.41. The van der Waals surface area contributed by atoms with Crippen LogP contribution in [0.1, 0.15) is 58.9 Å². The van der Waals surface area contributed by atoms with Crippen LogP contribution in [0.5, 0.6) is 0 Å². The summed E-state index contributed by atoms with van der Waals surface area (Å²) in [6.45, 7) is 8.70. The zero-order chi connectivity index (χ0) is 22.4. The molecule has 7 nitrogen and oxygen atoms in total. The number of carbonyl (C=O) groups excluding carboxylic acids is 3. The molecule has 0 saturated heterocycles. The SMILES string of the molecule is CCCCCOCCC(=O)NC(C(=O)NCC(=O)Nc1ccc(CC)cc1)C(C)C. The minimum atomic E-state index is -0.700. The standard InChI is InChI=1S/C23H37N3O4/c1-5-7-8-14-30-15-13-20(27)26-22(17(3)4)23(29)24-16-21(28)25-19-11-9-18(6-2)10-12-19/h9-12,17,22H,5-8,13-16H2,1-4H3,(H,24,29)(H,25,28)(H,26,27). The van der Waals surface area contributed by atoms with E-state index >= 15 is 0 Å². The number of unbranched alkanes of at least 4 members (excludes halogenated alkanes) is 2. The van der Waals surface area contributed by atoms with Gasteiger partial charge in [0, 0.05) is 18.7 Å². The summed E-state index contributed by atoms with van der Waals surface area (Å²) in [4.78, 5) is 36.7. The first-order valence-electron chi connectivity index (χ1n) is 10.9. The molecule has 1 aromatic rings. The number of rotatable bonds is 14. The highest BCUT2D eigenvalue weighted by Crippen LogP contribution is 2.09. The molecule has 0 bridgehead atoms. The third-order valence-electron chi connectivity index (χ3n) is 4.70. The molecule has 0 aromatic heterocycles. The summed E-state index contributed by atoms with van der Waals surface area (Å²) >= 11 is 0. The van der Waals surface area contributed by atoms with E-state index in [9.17, 15) is 14.4 Å². The highest BCUT2D eigenvalue weighted by Gasteiger charge is 2.24. The number of benzene rings is 1. The van der Waals surface area contributed by atoms with Gasteiger partial charge in [0.2, 0.25) is 17.7 Å². The van der Waals surface area contributed by atoms with E-state index in [1.807, 2.05) is 38.1 Å². The van der Waals surface area contributed by atoms with Crippen LogP contribution in [0.15, 0.2) is 24.3 Å². The number of carbonyl (C=O) groups is 3. The molecule has 0 aliphatic rings. The summed E-state index contributed by atoms with van der Waals surface area (Å²) in [6.07, 6.45) is 4.35. The van der Waals surface area contributed by atoms with Gasteiger partial charge in [-0.3, -0.25) is 14.4 Å². The maximum atomic E-state index is 12.5. The summed E-state index contributed by atoms with van der Waals surface area (Å²) in [6, 6.07) is 6.87. The molecule has 168 valence electrons. The van der Waals surface area contributed by atoms with Crippen molar-refractivity contribution in [1.29, 1.82) is 0 Å². The molecular weight excluding hydrogens is 382 g/mol. The lowest BCUT2D eigenvalue weighted by Crippen LogP contribution is -2.51. The lowest BCUT2D eigenvalue weighted by Gasteiger charge is -2.21. The smallest absolute Gasteiger partial charge is 0.243 e. The normalized spacial score (nSPS) is 11.8. The fraction of sp³-hybridized carbons (Fsp3) is 0.609. The van der Waals surface area contributed by atoms with Crippen molar-refractivity contribution in [2.75, 3.05) is 25.1 Å². The van der Waals surface area contributed by atoms with Crippen LogP contribution < -0.4 is 16.0 Å². The molecule has 0 radical (unpaired) electrons. The predicted molar refractivity (Wildman–Crippen MR) is 119 cm³/mol. The largest absolute Gasteiger partial charge is 0.381 e. The molecular formula is C23H37N3O4. The van der Waals surface area contributed by atoms with Gasteiger partial charge >= 0.3 is 0 Å². The number of ether oxygens (including phenoxy) is 1. The topological polar surface area (TPSA) is 96.5 Å². The molecule has 0 aliphatic carbocycles. The van der Waals surface area contributed by atoms with Crippen molar-refractivity contribution in [2.45, 2.75) is 65.8 Å². The molecule has 3 amide bonds. The Balaban J connectivity index is 2.39.